The lowest BCUT2D eigenvalue weighted by molar-refractivity contribution is 0.0693. The number of aromatic nitrogens is 1. The summed E-state index contributed by atoms with van der Waals surface area (Å²) in [6.45, 7) is 1.16. The van der Waals surface area contributed by atoms with E-state index in [1.807, 2.05) is 19.0 Å². The second-order valence-electron chi connectivity index (χ2n) is 4.98. The lowest BCUT2D eigenvalue weighted by atomic mass is 10.2. The summed E-state index contributed by atoms with van der Waals surface area (Å²) < 4.78 is 0. The molecule has 2 rings (SSSR count). The normalized spacial score (nSPS) is 23.7. The van der Waals surface area contributed by atoms with Crippen LogP contribution in [0.5, 0.6) is 0 Å². The fourth-order valence-electron chi connectivity index (χ4n) is 2.37. The number of nitrogens with zero attached hydrogens (tertiary/aromatic N) is 3. The number of rotatable bonds is 3. The molecule has 1 N–H and O–H groups in total. The first-order valence-corrected chi connectivity index (χ1v) is 6.12. The Labute approximate surface area is 107 Å². The molecule has 0 saturated carbocycles. The number of hydrogen-bond donors (Lipinski definition) is 1. The van der Waals surface area contributed by atoms with Crippen molar-refractivity contribution in [2.45, 2.75) is 18.6 Å². The summed E-state index contributed by atoms with van der Waals surface area (Å²) in [6.07, 6.45) is 1.82. The monoisotopic (exact) mass is 249 g/mol. The zero-order valence-corrected chi connectivity index (χ0v) is 10.8. The van der Waals surface area contributed by atoms with Gasteiger partial charge in [0, 0.05) is 25.3 Å². The van der Waals surface area contributed by atoms with Gasteiger partial charge >= 0.3 is 0 Å². The van der Waals surface area contributed by atoms with Crippen molar-refractivity contribution in [1.82, 2.24) is 14.8 Å². The minimum Gasteiger partial charge on any atom is -0.391 e. The summed E-state index contributed by atoms with van der Waals surface area (Å²) >= 11 is 0. The zero-order chi connectivity index (χ0) is 13.1. The molecule has 2 heterocycles. The highest BCUT2D eigenvalue weighted by Gasteiger charge is 2.35. The maximum absolute atomic E-state index is 12.3. The fourth-order valence-corrected chi connectivity index (χ4v) is 2.37. The highest BCUT2D eigenvalue weighted by molar-refractivity contribution is 5.92. The Hall–Kier alpha value is -1.46. The Balaban J connectivity index is 2.13. The number of hydrogen-bond acceptors (Lipinski definition) is 4. The number of β-amino-alcohol motifs (C(OH)–C–C–N with tert-alkyl or cyclic N) is 1. The molecule has 1 aliphatic heterocycles. The van der Waals surface area contributed by atoms with Crippen molar-refractivity contribution < 1.29 is 9.90 Å². The molecule has 0 aromatic carbocycles. The lowest BCUT2D eigenvalue weighted by Crippen LogP contribution is -2.41. The Morgan fingerprint density at radius 2 is 2.33 bits per heavy atom. The molecule has 1 aromatic rings. The molecule has 1 fully saturated rings. The summed E-state index contributed by atoms with van der Waals surface area (Å²) in [4.78, 5) is 20.2. The molecule has 5 heteroatoms. The zero-order valence-electron chi connectivity index (χ0n) is 10.8. The van der Waals surface area contributed by atoms with Crippen LogP contribution >= 0.6 is 0 Å². The van der Waals surface area contributed by atoms with E-state index in [2.05, 4.69) is 4.98 Å². The van der Waals surface area contributed by atoms with Crippen LogP contribution in [-0.2, 0) is 0 Å². The predicted molar refractivity (Wildman–Crippen MR) is 68.2 cm³/mol. The molecule has 98 valence electrons. The highest BCUT2D eigenvalue weighted by atomic mass is 16.3. The molecule has 1 saturated heterocycles. The second-order valence-corrected chi connectivity index (χ2v) is 4.98. The van der Waals surface area contributed by atoms with Crippen LogP contribution in [0.3, 0.4) is 0 Å². The number of carbonyl (C=O) groups is 1. The van der Waals surface area contributed by atoms with Gasteiger partial charge in [-0.25, -0.2) is 0 Å². The third-order valence-corrected chi connectivity index (χ3v) is 3.11. The van der Waals surface area contributed by atoms with Crippen molar-refractivity contribution in [2.75, 3.05) is 27.2 Å². The van der Waals surface area contributed by atoms with Gasteiger partial charge in [-0.15, -0.1) is 0 Å². The van der Waals surface area contributed by atoms with E-state index in [9.17, 15) is 9.90 Å². The minimum atomic E-state index is -0.428. The van der Waals surface area contributed by atoms with Crippen LogP contribution in [0.15, 0.2) is 24.4 Å². The number of aliphatic hydroxyl groups excluding tert-OH is 1. The van der Waals surface area contributed by atoms with E-state index in [0.29, 0.717) is 18.7 Å². The maximum Gasteiger partial charge on any atom is 0.272 e. The highest BCUT2D eigenvalue weighted by Crippen LogP contribution is 2.20. The van der Waals surface area contributed by atoms with E-state index in [4.69, 9.17) is 0 Å². The SMILES string of the molecule is CN(C)CC1CC(O)CN1C(=O)c1ccccn1. The van der Waals surface area contributed by atoms with Gasteiger partial charge in [0.1, 0.15) is 5.69 Å². The van der Waals surface area contributed by atoms with E-state index in [1.165, 1.54) is 0 Å². The second kappa shape index (κ2) is 5.46. The first kappa shape index (κ1) is 13.0. The topological polar surface area (TPSA) is 56.7 Å². The summed E-state index contributed by atoms with van der Waals surface area (Å²) in [5.74, 6) is -0.0981. The van der Waals surface area contributed by atoms with Gasteiger partial charge in [0.2, 0.25) is 0 Å². The third kappa shape index (κ3) is 2.86. The summed E-state index contributed by atoms with van der Waals surface area (Å²) in [6, 6.07) is 5.35. The molecule has 0 radical (unpaired) electrons. The number of aliphatic hydroxyl groups is 1. The quantitative estimate of drug-likeness (QED) is 0.832. The van der Waals surface area contributed by atoms with Crippen LogP contribution in [0.25, 0.3) is 0 Å². The Morgan fingerprint density at radius 3 is 2.94 bits per heavy atom. The van der Waals surface area contributed by atoms with Crippen molar-refractivity contribution in [3.05, 3.63) is 30.1 Å². The Morgan fingerprint density at radius 1 is 1.56 bits per heavy atom. The van der Waals surface area contributed by atoms with Crippen LogP contribution < -0.4 is 0 Å². The van der Waals surface area contributed by atoms with Crippen molar-refractivity contribution in [3.63, 3.8) is 0 Å². The molecule has 0 aliphatic carbocycles. The summed E-state index contributed by atoms with van der Waals surface area (Å²) in [5.41, 5.74) is 0.440. The fraction of sp³-hybridized carbons (Fsp3) is 0.538. The Kier molecular flexibility index (Phi) is 3.93. The number of carbonyl (C=O) groups excluding carboxylic acids is 1. The molecule has 0 spiro atoms. The largest absolute Gasteiger partial charge is 0.391 e. The molecule has 5 nitrogen and oxygen atoms in total. The van der Waals surface area contributed by atoms with E-state index in [-0.39, 0.29) is 11.9 Å². The molecule has 1 amide bonds. The molecular weight excluding hydrogens is 230 g/mol. The lowest BCUT2D eigenvalue weighted by Gasteiger charge is -2.26. The van der Waals surface area contributed by atoms with Gasteiger partial charge in [0.25, 0.3) is 5.91 Å². The van der Waals surface area contributed by atoms with Gasteiger partial charge in [-0.05, 0) is 32.6 Å². The van der Waals surface area contributed by atoms with Gasteiger partial charge in [-0.1, -0.05) is 6.07 Å². The van der Waals surface area contributed by atoms with Gasteiger partial charge in [-0.2, -0.15) is 0 Å². The van der Waals surface area contributed by atoms with Crippen LogP contribution in [0.4, 0.5) is 0 Å². The van der Waals surface area contributed by atoms with Gasteiger partial charge in [0.05, 0.1) is 6.10 Å². The number of amides is 1. The summed E-state index contributed by atoms with van der Waals surface area (Å²) in [5, 5.41) is 9.75. The molecule has 2 unspecified atom stereocenters. The van der Waals surface area contributed by atoms with Crippen molar-refractivity contribution in [2.24, 2.45) is 0 Å². The van der Waals surface area contributed by atoms with Crippen LogP contribution in [0.1, 0.15) is 16.9 Å². The average molecular weight is 249 g/mol. The molecular formula is C13H19N3O2. The first-order chi connectivity index (χ1) is 8.58. The molecule has 18 heavy (non-hydrogen) atoms. The van der Waals surface area contributed by atoms with Crippen LogP contribution in [0.2, 0.25) is 0 Å². The van der Waals surface area contributed by atoms with Crippen molar-refractivity contribution >= 4 is 5.91 Å². The van der Waals surface area contributed by atoms with E-state index in [0.717, 1.165) is 6.54 Å². The standard InChI is InChI=1S/C13H19N3O2/c1-15(2)8-10-7-11(17)9-16(10)13(18)12-5-3-4-6-14-12/h3-6,10-11,17H,7-9H2,1-2H3. The van der Waals surface area contributed by atoms with Gasteiger partial charge < -0.3 is 14.9 Å². The van der Waals surface area contributed by atoms with E-state index < -0.39 is 6.10 Å². The van der Waals surface area contributed by atoms with Crippen molar-refractivity contribution in [1.29, 1.82) is 0 Å². The van der Waals surface area contributed by atoms with Gasteiger partial charge in [0.15, 0.2) is 0 Å². The number of likely N-dealkylation sites (tertiary alicyclic amines) is 1. The average Bonchev–Trinajstić information content (AvgIpc) is 2.69. The van der Waals surface area contributed by atoms with Crippen molar-refractivity contribution in [3.8, 4) is 0 Å². The number of likely N-dealkylation sites (N-methyl/N-ethyl adjacent to an activating group) is 1. The molecule has 0 bridgehead atoms. The first-order valence-electron chi connectivity index (χ1n) is 6.12. The molecule has 1 aliphatic rings. The Bertz CT molecular complexity index is 408. The smallest absolute Gasteiger partial charge is 0.272 e. The van der Waals surface area contributed by atoms with Crippen LogP contribution in [-0.4, -0.2) is 65.1 Å². The third-order valence-electron chi connectivity index (χ3n) is 3.11. The minimum absolute atomic E-state index is 0.0597. The van der Waals surface area contributed by atoms with E-state index >= 15 is 0 Å². The van der Waals surface area contributed by atoms with Crippen LogP contribution in [0, 0.1) is 0 Å². The summed E-state index contributed by atoms with van der Waals surface area (Å²) in [7, 11) is 3.93. The predicted octanol–water partition coefficient (Wildman–Crippen LogP) is 0.219. The van der Waals surface area contributed by atoms with Gasteiger partial charge in [-0.3, -0.25) is 9.78 Å². The maximum atomic E-state index is 12.3. The number of pyridine rings is 1. The van der Waals surface area contributed by atoms with E-state index in [1.54, 1.807) is 29.3 Å². The molecule has 2 atom stereocenters. The molecule has 1 aromatic heterocycles.